The van der Waals surface area contributed by atoms with Gasteiger partial charge in [-0.3, -0.25) is 0 Å². The van der Waals surface area contributed by atoms with Crippen LogP contribution in [0.4, 0.5) is 0 Å². The molecule has 3 aliphatic carbocycles. The van der Waals surface area contributed by atoms with E-state index in [1.807, 2.05) is 25.1 Å². The second-order valence-electron chi connectivity index (χ2n) is 8.11. The number of aliphatic hydroxyl groups is 1. The Morgan fingerprint density at radius 2 is 2.00 bits per heavy atom. The Bertz CT molecular complexity index is 678. The highest BCUT2D eigenvalue weighted by atomic mass is 35.5. The van der Waals surface area contributed by atoms with Crippen molar-refractivity contribution in [3.05, 3.63) is 40.4 Å². The lowest BCUT2D eigenvalue weighted by Crippen LogP contribution is -2.56. The number of fused-ring (bicyclic) bond motifs is 5. The van der Waals surface area contributed by atoms with E-state index in [9.17, 15) is 10.2 Å². The number of benzene rings is 1. The van der Waals surface area contributed by atoms with Gasteiger partial charge in [0.25, 0.3) is 0 Å². The Morgan fingerprint density at radius 3 is 2.78 bits per heavy atom. The van der Waals surface area contributed by atoms with Crippen LogP contribution in [-0.4, -0.2) is 15.8 Å². The van der Waals surface area contributed by atoms with Crippen LogP contribution in [0.3, 0.4) is 0 Å². The largest absolute Gasteiger partial charge is 0.508 e. The van der Waals surface area contributed by atoms with Crippen molar-refractivity contribution in [2.45, 2.75) is 57.5 Å². The fourth-order valence-corrected chi connectivity index (χ4v) is 5.94. The Balaban J connectivity index is 1.74. The molecular weight excluding hydrogens is 308 g/mol. The van der Waals surface area contributed by atoms with E-state index in [-0.39, 0.29) is 5.41 Å². The van der Waals surface area contributed by atoms with Crippen molar-refractivity contribution in [1.82, 2.24) is 0 Å². The van der Waals surface area contributed by atoms with E-state index in [0.717, 1.165) is 32.1 Å². The molecule has 1 aromatic carbocycles. The summed E-state index contributed by atoms with van der Waals surface area (Å²) >= 11 is 6.37. The van der Waals surface area contributed by atoms with E-state index < -0.39 is 5.60 Å². The number of aryl methyl sites for hydroxylation is 1. The SMILES string of the molecule is CC1(O)C(Cl)=CC[C@H]2[C@@H]3CCc4cc(O)ccc4[C@H]3CC[C@@]21C. The molecule has 3 aliphatic rings. The number of rotatable bonds is 0. The number of hydrogen-bond donors (Lipinski definition) is 2. The van der Waals surface area contributed by atoms with Crippen LogP contribution in [0.2, 0.25) is 0 Å². The molecule has 3 heteroatoms. The maximum atomic E-state index is 11.1. The van der Waals surface area contributed by atoms with Gasteiger partial charge in [0.05, 0.1) is 0 Å². The third-order valence-corrected chi connectivity index (χ3v) is 7.75. The van der Waals surface area contributed by atoms with Crippen LogP contribution in [0.1, 0.15) is 56.6 Å². The molecule has 0 spiro atoms. The Hall–Kier alpha value is -0.990. The van der Waals surface area contributed by atoms with Gasteiger partial charge in [0.1, 0.15) is 11.4 Å². The van der Waals surface area contributed by atoms with Gasteiger partial charge in [0, 0.05) is 10.4 Å². The van der Waals surface area contributed by atoms with Crippen molar-refractivity contribution in [3.8, 4) is 5.75 Å². The van der Waals surface area contributed by atoms with Crippen LogP contribution >= 0.6 is 11.6 Å². The summed E-state index contributed by atoms with van der Waals surface area (Å²) in [7, 11) is 0. The predicted molar refractivity (Wildman–Crippen MR) is 92.7 cm³/mol. The molecule has 0 aromatic heterocycles. The van der Waals surface area contributed by atoms with Crippen molar-refractivity contribution >= 4 is 11.6 Å². The molecule has 1 unspecified atom stereocenters. The molecule has 0 heterocycles. The normalized spacial score (nSPS) is 42.3. The molecule has 23 heavy (non-hydrogen) atoms. The number of phenols is 1. The fraction of sp³-hybridized carbons (Fsp3) is 0.600. The van der Waals surface area contributed by atoms with Crippen molar-refractivity contribution in [1.29, 1.82) is 0 Å². The van der Waals surface area contributed by atoms with Crippen LogP contribution in [0.5, 0.6) is 5.75 Å². The van der Waals surface area contributed by atoms with Gasteiger partial charge < -0.3 is 10.2 Å². The standard InChI is InChI=1S/C20H25ClO2/c1-19-10-9-15-14-6-4-13(22)11-12(14)3-5-16(15)17(19)7-8-18(21)20(19,2)23/h4,6,8,11,15-17,22-23H,3,5,7,9-10H2,1-2H3/t15-,16-,17+,19+,20?/m1/s1. The van der Waals surface area contributed by atoms with Gasteiger partial charge in [-0.15, -0.1) is 0 Å². The second kappa shape index (κ2) is 5.00. The summed E-state index contributed by atoms with van der Waals surface area (Å²) in [5.74, 6) is 2.00. The fourth-order valence-electron chi connectivity index (χ4n) is 5.63. The highest BCUT2D eigenvalue weighted by Crippen LogP contribution is 2.62. The number of halogens is 1. The average Bonchev–Trinajstić information content (AvgIpc) is 2.51. The third-order valence-electron chi connectivity index (χ3n) is 7.23. The average molecular weight is 333 g/mol. The first-order chi connectivity index (χ1) is 10.8. The van der Waals surface area contributed by atoms with Gasteiger partial charge in [-0.25, -0.2) is 0 Å². The summed E-state index contributed by atoms with van der Waals surface area (Å²) in [5, 5.41) is 21.5. The lowest BCUT2D eigenvalue weighted by Gasteiger charge is -2.58. The molecule has 4 rings (SSSR count). The molecule has 1 aromatic rings. The van der Waals surface area contributed by atoms with Crippen LogP contribution in [0.25, 0.3) is 0 Å². The summed E-state index contributed by atoms with van der Waals surface area (Å²) in [4.78, 5) is 0. The van der Waals surface area contributed by atoms with Crippen LogP contribution in [0.15, 0.2) is 29.3 Å². The van der Waals surface area contributed by atoms with E-state index in [1.165, 1.54) is 11.1 Å². The van der Waals surface area contributed by atoms with Gasteiger partial charge >= 0.3 is 0 Å². The zero-order valence-electron chi connectivity index (χ0n) is 13.8. The summed E-state index contributed by atoms with van der Waals surface area (Å²) in [6, 6.07) is 5.88. The van der Waals surface area contributed by atoms with Gasteiger partial charge in [-0.05, 0) is 80.0 Å². The molecule has 0 saturated heterocycles. The van der Waals surface area contributed by atoms with E-state index in [4.69, 9.17) is 11.6 Å². The van der Waals surface area contributed by atoms with Crippen molar-refractivity contribution in [2.24, 2.45) is 17.3 Å². The summed E-state index contributed by atoms with van der Waals surface area (Å²) in [6.45, 7) is 4.13. The number of phenolic OH excluding ortho intramolecular Hbond substituents is 1. The van der Waals surface area contributed by atoms with E-state index in [1.54, 1.807) is 0 Å². The van der Waals surface area contributed by atoms with Crippen molar-refractivity contribution in [2.75, 3.05) is 0 Å². The zero-order valence-corrected chi connectivity index (χ0v) is 14.6. The van der Waals surface area contributed by atoms with Gasteiger partial charge in [-0.2, -0.15) is 0 Å². The molecule has 1 saturated carbocycles. The highest BCUT2D eigenvalue weighted by Gasteiger charge is 2.58. The maximum absolute atomic E-state index is 11.1. The van der Waals surface area contributed by atoms with Crippen LogP contribution in [-0.2, 0) is 6.42 Å². The summed E-state index contributed by atoms with van der Waals surface area (Å²) in [6.07, 6.45) is 7.27. The molecule has 2 N–H and O–H groups in total. The second-order valence-corrected chi connectivity index (χ2v) is 8.52. The number of allylic oxidation sites excluding steroid dienone is 1. The molecule has 124 valence electrons. The van der Waals surface area contributed by atoms with Crippen molar-refractivity contribution < 1.29 is 10.2 Å². The minimum Gasteiger partial charge on any atom is -0.508 e. The Morgan fingerprint density at radius 1 is 1.22 bits per heavy atom. The van der Waals surface area contributed by atoms with Gasteiger partial charge in [-0.1, -0.05) is 30.7 Å². The Kier molecular flexibility index (Phi) is 3.38. The Labute approximate surface area is 143 Å². The molecule has 2 nitrogen and oxygen atoms in total. The maximum Gasteiger partial charge on any atom is 0.115 e. The molecule has 0 aliphatic heterocycles. The van der Waals surface area contributed by atoms with Gasteiger partial charge in [0.15, 0.2) is 0 Å². The third kappa shape index (κ3) is 2.04. The van der Waals surface area contributed by atoms with E-state index in [0.29, 0.717) is 28.5 Å². The zero-order chi connectivity index (χ0) is 16.4. The molecule has 5 atom stereocenters. The van der Waals surface area contributed by atoms with E-state index in [2.05, 4.69) is 13.0 Å². The first-order valence-electron chi connectivity index (χ1n) is 8.75. The smallest absolute Gasteiger partial charge is 0.115 e. The number of hydrogen-bond acceptors (Lipinski definition) is 2. The summed E-state index contributed by atoms with van der Waals surface area (Å²) in [5.41, 5.74) is 1.67. The predicted octanol–water partition coefficient (Wildman–Crippen LogP) is 4.73. The first kappa shape index (κ1) is 15.5. The lowest BCUT2D eigenvalue weighted by molar-refractivity contribution is -0.114. The summed E-state index contributed by atoms with van der Waals surface area (Å²) < 4.78 is 0. The lowest BCUT2D eigenvalue weighted by atomic mass is 9.48. The number of aromatic hydroxyl groups is 1. The first-order valence-corrected chi connectivity index (χ1v) is 9.12. The monoisotopic (exact) mass is 332 g/mol. The minimum atomic E-state index is -0.919. The van der Waals surface area contributed by atoms with Crippen LogP contribution in [0, 0.1) is 17.3 Å². The van der Waals surface area contributed by atoms with Gasteiger partial charge in [0.2, 0.25) is 0 Å². The molecule has 0 amide bonds. The van der Waals surface area contributed by atoms with E-state index >= 15 is 0 Å². The van der Waals surface area contributed by atoms with Crippen LogP contribution < -0.4 is 0 Å². The minimum absolute atomic E-state index is 0.144. The quantitative estimate of drug-likeness (QED) is 0.721. The molecular formula is C20H25ClO2. The van der Waals surface area contributed by atoms with Crippen molar-refractivity contribution in [3.63, 3.8) is 0 Å². The molecule has 1 fully saturated rings. The highest BCUT2D eigenvalue weighted by molar-refractivity contribution is 6.30. The molecule has 0 bridgehead atoms. The topological polar surface area (TPSA) is 40.5 Å². The molecule has 0 radical (unpaired) electrons.